The molecule has 0 radical (unpaired) electrons. The van der Waals surface area contributed by atoms with Gasteiger partial charge in [-0.3, -0.25) is 9.78 Å². The number of nitrogens with zero attached hydrogens (tertiary/aromatic N) is 2. The Balaban J connectivity index is 1.69. The third-order valence-electron chi connectivity index (χ3n) is 4.08. The molecule has 126 valence electrons. The van der Waals surface area contributed by atoms with E-state index in [0.29, 0.717) is 5.69 Å². The number of rotatable bonds is 4. The van der Waals surface area contributed by atoms with Gasteiger partial charge in [-0.05, 0) is 29.3 Å². The maximum Gasteiger partial charge on any atom is 0.288 e. The van der Waals surface area contributed by atoms with Crippen molar-refractivity contribution < 1.29 is 4.79 Å². The molecule has 2 N–H and O–H groups in total. The van der Waals surface area contributed by atoms with Crippen molar-refractivity contribution >= 4 is 23.0 Å². The molecule has 0 aliphatic carbocycles. The van der Waals surface area contributed by atoms with Gasteiger partial charge in [0.1, 0.15) is 5.69 Å². The van der Waals surface area contributed by atoms with Crippen LogP contribution in [0.15, 0.2) is 84.2 Å². The van der Waals surface area contributed by atoms with Gasteiger partial charge >= 0.3 is 0 Å². The van der Waals surface area contributed by atoms with E-state index < -0.39 is 0 Å². The molecule has 0 bridgehead atoms. The molecule has 0 aliphatic rings. The van der Waals surface area contributed by atoms with E-state index >= 15 is 0 Å². The van der Waals surface area contributed by atoms with Crippen LogP contribution in [0.3, 0.4) is 0 Å². The first-order chi connectivity index (χ1) is 12.8. The number of para-hydroxylation sites is 1. The highest BCUT2D eigenvalue weighted by atomic mass is 16.2. The van der Waals surface area contributed by atoms with Crippen LogP contribution in [-0.4, -0.2) is 22.1 Å². The fraction of sp³-hybridized carbons (Fsp3) is 0. The number of hydrazone groups is 1. The molecule has 0 saturated heterocycles. The molecule has 0 aliphatic heterocycles. The number of benzene rings is 2. The molecule has 5 heteroatoms. The minimum Gasteiger partial charge on any atom is -0.350 e. The zero-order valence-electron chi connectivity index (χ0n) is 13.9. The number of hydrogen-bond acceptors (Lipinski definition) is 3. The van der Waals surface area contributed by atoms with Crippen LogP contribution in [-0.2, 0) is 0 Å². The Morgan fingerprint density at radius 3 is 2.50 bits per heavy atom. The van der Waals surface area contributed by atoms with Crippen LogP contribution in [0.25, 0.3) is 22.0 Å². The van der Waals surface area contributed by atoms with Crippen LogP contribution in [0.4, 0.5) is 0 Å². The molecule has 2 heterocycles. The Hall–Kier alpha value is -3.73. The molecular formula is C21H16N4O. The average Bonchev–Trinajstić information content (AvgIpc) is 3.09. The third kappa shape index (κ3) is 3.10. The van der Waals surface area contributed by atoms with Crippen molar-refractivity contribution in [2.45, 2.75) is 0 Å². The Bertz CT molecular complexity index is 1070. The summed E-state index contributed by atoms with van der Waals surface area (Å²) < 4.78 is 0. The number of pyridine rings is 1. The Morgan fingerprint density at radius 2 is 1.69 bits per heavy atom. The van der Waals surface area contributed by atoms with Gasteiger partial charge in [0, 0.05) is 28.9 Å². The number of H-pyrrole nitrogens is 1. The quantitative estimate of drug-likeness (QED) is 0.435. The lowest BCUT2D eigenvalue weighted by Gasteiger charge is -2.04. The van der Waals surface area contributed by atoms with Gasteiger partial charge in [-0.25, -0.2) is 5.43 Å². The van der Waals surface area contributed by atoms with Crippen molar-refractivity contribution in [3.8, 4) is 11.1 Å². The van der Waals surface area contributed by atoms with E-state index in [0.717, 1.165) is 27.6 Å². The Morgan fingerprint density at radius 1 is 0.962 bits per heavy atom. The maximum atomic E-state index is 12.7. The normalized spacial score (nSPS) is 11.1. The van der Waals surface area contributed by atoms with E-state index in [2.05, 4.69) is 20.5 Å². The van der Waals surface area contributed by atoms with Gasteiger partial charge in [-0.15, -0.1) is 0 Å². The van der Waals surface area contributed by atoms with Crippen LogP contribution in [0.1, 0.15) is 16.1 Å². The number of fused-ring (bicyclic) bond motifs is 1. The summed E-state index contributed by atoms with van der Waals surface area (Å²) in [5, 5.41) is 5.05. The first-order valence-electron chi connectivity index (χ1n) is 8.22. The SMILES string of the molecule is O=C(N/N=C\c1ccncc1)c1[nH]c2ccccc2c1-c1ccccc1. The molecule has 5 nitrogen and oxygen atoms in total. The van der Waals surface area contributed by atoms with E-state index in [-0.39, 0.29) is 5.91 Å². The van der Waals surface area contributed by atoms with E-state index in [4.69, 9.17) is 0 Å². The fourth-order valence-electron chi connectivity index (χ4n) is 2.89. The second kappa shape index (κ2) is 7.03. The molecule has 0 atom stereocenters. The largest absolute Gasteiger partial charge is 0.350 e. The van der Waals surface area contributed by atoms with Crippen molar-refractivity contribution in [1.82, 2.24) is 15.4 Å². The van der Waals surface area contributed by atoms with Crippen LogP contribution in [0, 0.1) is 0 Å². The fourth-order valence-corrected chi connectivity index (χ4v) is 2.89. The summed E-state index contributed by atoms with van der Waals surface area (Å²) in [5.41, 5.74) is 6.71. The number of hydrogen-bond donors (Lipinski definition) is 2. The maximum absolute atomic E-state index is 12.7. The van der Waals surface area contributed by atoms with Crippen molar-refractivity contribution in [1.29, 1.82) is 0 Å². The zero-order chi connectivity index (χ0) is 17.8. The molecule has 0 unspecified atom stereocenters. The van der Waals surface area contributed by atoms with Crippen molar-refractivity contribution in [2.75, 3.05) is 0 Å². The van der Waals surface area contributed by atoms with E-state index in [9.17, 15) is 4.79 Å². The smallest absolute Gasteiger partial charge is 0.288 e. The summed E-state index contributed by atoms with van der Waals surface area (Å²) in [4.78, 5) is 19.9. The zero-order valence-corrected chi connectivity index (χ0v) is 13.9. The number of amides is 1. The molecule has 0 saturated carbocycles. The van der Waals surface area contributed by atoms with Gasteiger partial charge in [0.05, 0.1) is 6.21 Å². The molecule has 2 aromatic carbocycles. The van der Waals surface area contributed by atoms with Crippen molar-refractivity contribution in [3.63, 3.8) is 0 Å². The van der Waals surface area contributed by atoms with Crippen molar-refractivity contribution in [2.24, 2.45) is 5.10 Å². The standard InChI is InChI=1S/C21H16N4O/c26-21(25-23-14-15-10-12-22-13-11-15)20-19(16-6-2-1-3-7-16)17-8-4-5-9-18(17)24-20/h1-14,24H,(H,25,26)/b23-14-. The number of aromatic nitrogens is 2. The molecular weight excluding hydrogens is 324 g/mol. The molecule has 4 aromatic rings. The van der Waals surface area contributed by atoms with Gasteiger partial charge in [-0.1, -0.05) is 48.5 Å². The molecule has 4 rings (SSSR count). The first kappa shape index (κ1) is 15.8. The number of carbonyl (C=O) groups is 1. The van der Waals surface area contributed by atoms with Gasteiger partial charge in [0.2, 0.25) is 0 Å². The minimum absolute atomic E-state index is 0.287. The van der Waals surface area contributed by atoms with Crippen LogP contribution >= 0.6 is 0 Å². The van der Waals surface area contributed by atoms with Gasteiger partial charge < -0.3 is 4.98 Å². The summed E-state index contributed by atoms with van der Waals surface area (Å²) >= 11 is 0. The molecule has 1 amide bonds. The topological polar surface area (TPSA) is 70.1 Å². The predicted molar refractivity (Wildman–Crippen MR) is 103 cm³/mol. The highest BCUT2D eigenvalue weighted by Gasteiger charge is 2.18. The predicted octanol–water partition coefficient (Wildman–Crippen LogP) is 3.99. The highest BCUT2D eigenvalue weighted by molar-refractivity contribution is 6.09. The molecule has 26 heavy (non-hydrogen) atoms. The minimum atomic E-state index is -0.287. The number of carbonyl (C=O) groups excluding carboxylic acids is 1. The lowest BCUT2D eigenvalue weighted by Crippen LogP contribution is -2.18. The second-order valence-corrected chi connectivity index (χ2v) is 5.77. The van der Waals surface area contributed by atoms with Gasteiger partial charge in [0.15, 0.2) is 0 Å². The Labute approximate surface area is 150 Å². The third-order valence-corrected chi connectivity index (χ3v) is 4.08. The molecule has 0 fully saturated rings. The number of nitrogens with one attached hydrogen (secondary N) is 2. The summed E-state index contributed by atoms with van der Waals surface area (Å²) in [7, 11) is 0. The van der Waals surface area contributed by atoms with Crippen LogP contribution in [0.2, 0.25) is 0 Å². The molecule has 0 spiro atoms. The Kier molecular flexibility index (Phi) is 4.26. The summed E-state index contributed by atoms with van der Waals surface area (Å²) in [5.74, 6) is -0.287. The average molecular weight is 340 g/mol. The monoisotopic (exact) mass is 340 g/mol. The summed E-state index contributed by atoms with van der Waals surface area (Å²) in [6.45, 7) is 0. The van der Waals surface area contributed by atoms with Gasteiger partial charge in [-0.2, -0.15) is 5.10 Å². The second-order valence-electron chi connectivity index (χ2n) is 5.77. The lowest BCUT2D eigenvalue weighted by molar-refractivity contribution is 0.0951. The first-order valence-corrected chi connectivity index (χ1v) is 8.22. The van der Waals surface area contributed by atoms with Crippen molar-refractivity contribution in [3.05, 3.63) is 90.4 Å². The highest BCUT2D eigenvalue weighted by Crippen LogP contribution is 2.32. The van der Waals surface area contributed by atoms with E-state index in [1.165, 1.54) is 0 Å². The van der Waals surface area contributed by atoms with Crippen LogP contribution in [0.5, 0.6) is 0 Å². The van der Waals surface area contributed by atoms with Crippen LogP contribution < -0.4 is 5.43 Å². The summed E-state index contributed by atoms with van der Waals surface area (Å²) in [6, 6.07) is 21.4. The van der Waals surface area contributed by atoms with Gasteiger partial charge in [0.25, 0.3) is 5.91 Å². The van der Waals surface area contributed by atoms with E-state index in [1.807, 2.05) is 66.7 Å². The lowest BCUT2D eigenvalue weighted by atomic mass is 10.0. The summed E-state index contributed by atoms with van der Waals surface area (Å²) in [6.07, 6.45) is 4.94. The number of aromatic amines is 1. The molecule has 2 aromatic heterocycles. The van der Waals surface area contributed by atoms with E-state index in [1.54, 1.807) is 18.6 Å².